The van der Waals surface area contributed by atoms with Crippen molar-refractivity contribution in [3.05, 3.63) is 47.5 Å². The van der Waals surface area contributed by atoms with Gasteiger partial charge in [-0.05, 0) is 21.9 Å². The minimum atomic E-state index is -0.795. The van der Waals surface area contributed by atoms with Gasteiger partial charge >= 0.3 is 5.97 Å². The Labute approximate surface area is 102 Å². The van der Waals surface area contributed by atoms with Crippen molar-refractivity contribution in [1.29, 1.82) is 0 Å². The minimum absolute atomic E-state index is 0.0725. The number of alkyl halides is 1. The Morgan fingerprint density at radius 1 is 1.25 bits per heavy atom. The number of hydrogen-bond acceptors (Lipinski definition) is 1. The highest BCUT2D eigenvalue weighted by atomic mass is 79.9. The number of aliphatic carboxylic acids is 1. The van der Waals surface area contributed by atoms with Crippen molar-refractivity contribution in [2.45, 2.75) is 11.8 Å². The normalized spacial score (nSPS) is 10.6. The van der Waals surface area contributed by atoms with Crippen LogP contribution in [0.4, 0.5) is 0 Å². The number of carbonyl (C=O) groups is 1. The third-order valence-electron chi connectivity index (χ3n) is 2.53. The summed E-state index contributed by atoms with van der Waals surface area (Å²) >= 11 is 3.40. The lowest BCUT2D eigenvalue weighted by molar-refractivity contribution is -0.136. The van der Waals surface area contributed by atoms with Gasteiger partial charge in [-0.25, -0.2) is 0 Å². The summed E-state index contributed by atoms with van der Waals surface area (Å²) in [7, 11) is 0. The summed E-state index contributed by atoms with van der Waals surface area (Å²) in [6, 6.07) is 11.9. The van der Waals surface area contributed by atoms with E-state index in [4.69, 9.17) is 5.11 Å². The quantitative estimate of drug-likeness (QED) is 0.875. The zero-order valence-electron chi connectivity index (χ0n) is 8.61. The molecule has 2 rings (SSSR count). The molecule has 0 aliphatic carbocycles. The van der Waals surface area contributed by atoms with E-state index in [0.29, 0.717) is 0 Å². The monoisotopic (exact) mass is 278 g/mol. The van der Waals surface area contributed by atoms with Crippen LogP contribution in [0, 0.1) is 0 Å². The average Bonchev–Trinajstić information content (AvgIpc) is 2.28. The van der Waals surface area contributed by atoms with Gasteiger partial charge in [0.15, 0.2) is 0 Å². The van der Waals surface area contributed by atoms with Gasteiger partial charge in [-0.2, -0.15) is 0 Å². The SMILES string of the molecule is O=C(O)Cc1cccc2ccc(CBr)cc12. The number of hydrogen-bond donors (Lipinski definition) is 1. The molecule has 3 heteroatoms. The lowest BCUT2D eigenvalue weighted by Crippen LogP contribution is -2.00. The van der Waals surface area contributed by atoms with E-state index in [1.807, 2.05) is 36.4 Å². The number of rotatable bonds is 3. The highest BCUT2D eigenvalue weighted by molar-refractivity contribution is 9.08. The van der Waals surface area contributed by atoms with Gasteiger partial charge in [-0.3, -0.25) is 4.79 Å². The predicted molar refractivity (Wildman–Crippen MR) is 67.9 cm³/mol. The van der Waals surface area contributed by atoms with E-state index < -0.39 is 5.97 Å². The smallest absolute Gasteiger partial charge is 0.307 e. The van der Waals surface area contributed by atoms with E-state index in [1.165, 1.54) is 0 Å². The van der Waals surface area contributed by atoms with Gasteiger partial charge in [-0.15, -0.1) is 0 Å². The second-order valence-corrected chi connectivity index (χ2v) is 4.24. The topological polar surface area (TPSA) is 37.3 Å². The van der Waals surface area contributed by atoms with Gasteiger partial charge in [0.1, 0.15) is 0 Å². The molecule has 0 heterocycles. The molecule has 2 aromatic carbocycles. The van der Waals surface area contributed by atoms with Gasteiger partial charge in [0.2, 0.25) is 0 Å². The third-order valence-corrected chi connectivity index (χ3v) is 3.18. The lowest BCUT2D eigenvalue weighted by atomic mass is 10.0. The van der Waals surface area contributed by atoms with Crippen molar-refractivity contribution < 1.29 is 9.90 Å². The molecule has 2 aromatic rings. The van der Waals surface area contributed by atoms with Crippen LogP contribution in [0.15, 0.2) is 36.4 Å². The van der Waals surface area contributed by atoms with Gasteiger partial charge in [0, 0.05) is 5.33 Å². The van der Waals surface area contributed by atoms with Crippen LogP contribution in [0.25, 0.3) is 10.8 Å². The molecule has 0 fully saturated rings. The zero-order chi connectivity index (χ0) is 11.5. The molecule has 0 unspecified atom stereocenters. The van der Waals surface area contributed by atoms with Crippen molar-refractivity contribution in [3.63, 3.8) is 0 Å². The van der Waals surface area contributed by atoms with E-state index in [2.05, 4.69) is 15.9 Å². The summed E-state index contributed by atoms with van der Waals surface area (Å²) in [6.07, 6.45) is 0.0725. The van der Waals surface area contributed by atoms with Crippen LogP contribution >= 0.6 is 15.9 Å². The fraction of sp³-hybridized carbons (Fsp3) is 0.154. The fourth-order valence-corrected chi connectivity index (χ4v) is 2.13. The average molecular weight is 279 g/mol. The Morgan fingerprint density at radius 3 is 2.75 bits per heavy atom. The first kappa shape index (κ1) is 11.1. The lowest BCUT2D eigenvalue weighted by Gasteiger charge is -2.05. The number of carboxylic acid groups (broad SMARTS) is 1. The Balaban J connectivity index is 2.59. The molecule has 0 aliphatic heterocycles. The first-order valence-electron chi connectivity index (χ1n) is 4.99. The first-order chi connectivity index (χ1) is 7.70. The van der Waals surface area contributed by atoms with Crippen LogP contribution in [0.1, 0.15) is 11.1 Å². The molecule has 0 aliphatic rings. The molecule has 0 radical (unpaired) electrons. The highest BCUT2D eigenvalue weighted by Crippen LogP contribution is 2.22. The van der Waals surface area contributed by atoms with Gasteiger partial charge < -0.3 is 5.11 Å². The summed E-state index contributed by atoms with van der Waals surface area (Å²) < 4.78 is 0. The van der Waals surface area contributed by atoms with Crippen molar-refractivity contribution in [2.24, 2.45) is 0 Å². The van der Waals surface area contributed by atoms with Gasteiger partial charge in [-0.1, -0.05) is 52.3 Å². The van der Waals surface area contributed by atoms with Gasteiger partial charge in [0.05, 0.1) is 6.42 Å². The predicted octanol–water partition coefficient (Wildman–Crippen LogP) is 3.36. The molecule has 1 N–H and O–H groups in total. The van der Waals surface area contributed by atoms with Crippen LogP contribution in [0.3, 0.4) is 0 Å². The first-order valence-corrected chi connectivity index (χ1v) is 6.11. The Bertz CT molecular complexity index is 534. The second kappa shape index (κ2) is 4.66. The maximum absolute atomic E-state index is 10.8. The largest absolute Gasteiger partial charge is 0.481 e. The molecule has 0 atom stereocenters. The number of carboxylic acids is 1. The third kappa shape index (κ3) is 2.25. The molecule has 0 amide bonds. The fourth-order valence-electron chi connectivity index (χ4n) is 1.78. The molecule has 82 valence electrons. The van der Waals surface area contributed by atoms with Crippen LogP contribution in [-0.2, 0) is 16.5 Å². The maximum Gasteiger partial charge on any atom is 0.307 e. The van der Waals surface area contributed by atoms with Crippen molar-refractivity contribution in [2.75, 3.05) is 0 Å². The molecule has 2 nitrogen and oxygen atoms in total. The molecule has 0 bridgehead atoms. The summed E-state index contributed by atoms with van der Waals surface area (Å²) in [5.41, 5.74) is 2.03. The molecule has 16 heavy (non-hydrogen) atoms. The number of halogens is 1. The van der Waals surface area contributed by atoms with Crippen LogP contribution < -0.4 is 0 Å². The second-order valence-electron chi connectivity index (χ2n) is 3.68. The summed E-state index contributed by atoms with van der Waals surface area (Å²) in [5.74, 6) is -0.795. The Hall–Kier alpha value is -1.35. The van der Waals surface area contributed by atoms with Crippen molar-refractivity contribution >= 4 is 32.7 Å². The molecular formula is C13H11BrO2. The Kier molecular flexibility index (Phi) is 3.25. The van der Waals surface area contributed by atoms with E-state index in [1.54, 1.807) is 0 Å². The molecule has 0 aromatic heterocycles. The molecule has 0 saturated carbocycles. The van der Waals surface area contributed by atoms with Crippen LogP contribution in [0.2, 0.25) is 0 Å². The maximum atomic E-state index is 10.8. The Morgan fingerprint density at radius 2 is 2.06 bits per heavy atom. The number of fused-ring (bicyclic) bond motifs is 1. The van der Waals surface area contributed by atoms with Crippen molar-refractivity contribution in [3.8, 4) is 0 Å². The van der Waals surface area contributed by atoms with E-state index in [9.17, 15) is 4.79 Å². The molecular weight excluding hydrogens is 268 g/mol. The van der Waals surface area contributed by atoms with Crippen LogP contribution in [0.5, 0.6) is 0 Å². The van der Waals surface area contributed by atoms with E-state index >= 15 is 0 Å². The summed E-state index contributed by atoms with van der Waals surface area (Å²) in [5, 5.41) is 11.7. The number of benzene rings is 2. The molecule has 0 spiro atoms. The zero-order valence-corrected chi connectivity index (χ0v) is 10.2. The summed E-state index contributed by atoms with van der Waals surface area (Å²) in [4.78, 5) is 10.8. The standard InChI is InChI=1S/C13H11BrO2/c14-8-9-4-5-10-2-1-3-11(7-13(15)16)12(10)6-9/h1-6H,7-8H2,(H,15,16). The minimum Gasteiger partial charge on any atom is -0.481 e. The molecule has 0 saturated heterocycles. The summed E-state index contributed by atoms with van der Waals surface area (Å²) in [6.45, 7) is 0. The highest BCUT2D eigenvalue weighted by Gasteiger charge is 2.05. The van der Waals surface area contributed by atoms with E-state index in [0.717, 1.165) is 27.2 Å². The van der Waals surface area contributed by atoms with Crippen molar-refractivity contribution in [1.82, 2.24) is 0 Å². The van der Waals surface area contributed by atoms with E-state index in [-0.39, 0.29) is 6.42 Å². The van der Waals surface area contributed by atoms with Gasteiger partial charge in [0.25, 0.3) is 0 Å². The van der Waals surface area contributed by atoms with Crippen LogP contribution in [-0.4, -0.2) is 11.1 Å².